The van der Waals surface area contributed by atoms with Gasteiger partial charge in [0, 0.05) is 19.0 Å². The molecule has 4 aromatic rings. The molecular formula is C36H40FN3O4S. The third kappa shape index (κ3) is 8.79. The zero-order chi connectivity index (χ0) is 32.4. The third-order valence-electron chi connectivity index (χ3n) is 7.78. The van der Waals surface area contributed by atoms with Crippen LogP contribution >= 0.6 is 0 Å². The van der Waals surface area contributed by atoms with Gasteiger partial charge in [-0.25, -0.2) is 12.8 Å². The van der Waals surface area contributed by atoms with Crippen molar-refractivity contribution in [3.63, 3.8) is 0 Å². The molecule has 0 spiro atoms. The third-order valence-corrected chi connectivity index (χ3v) is 9.57. The highest BCUT2D eigenvalue weighted by Gasteiger charge is 2.35. The van der Waals surface area contributed by atoms with Crippen LogP contribution in [0.4, 0.5) is 10.1 Å². The lowest BCUT2D eigenvalue weighted by molar-refractivity contribution is -0.140. The number of hydrogen-bond donors (Lipinski definition) is 1. The van der Waals surface area contributed by atoms with E-state index in [2.05, 4.69) is 5.32 Å². The molecule has 2 atom stereocenters. The fraction of sp³-hybridized carbons (Fsp3) is 0.278. The molecule has 0 aliphatic rings. The van der Waals surface area contributed by atoms with Gasteiger partial charge in [-0.05, 0) is 72.9 Å². The quantitative estimate of drug-likeness (QED) is 0.182. The Morgan fingerprint density at radius 2 is 1.36 bits per heavy atom. The van der Waals surface area contributed by atoms with E-state index in [1.807, 2.05) is 63.2 Å². The van der Waals surface area contributed by atoms with Crippen molar-refractivity contribution in [2.75, 3.05) is 10.8 Å². The molecule has 0 aliphatic heterocycles. The summed E-state index contributed by atoms with van der Waals surface area (Å²) in [6.45, 7) is 5.26. The minimum atomic E-state index is -4.17. The second-order valence-corrected chi connectivity index (χ2v) is 12.9. The van der Waals surface area contributed by atoms with Gasteiger partial charge in [0.05, 0.1) is 10.6 Å². The van der Waals surface area contributed by atoms with Crippen LogP contribution in [0, 0.1) is 5.82 Å². The van der Waals surface area contributed by atoms with E-state index in [1.54, 1.807) is 42.5 Å². The monoisotopic (exact) mass is 629 g/mol. The van der Waals surface area contributed by atoms with Crippen molar-refractivity contribution >= 4 is 27.5 Å². The number of carbonyl (C=O) groups is 2. The number of aryl methyl sites for hydroxylation is 1. The summed E-state index contributed by atoms with van der Waals surface area (Å²) in [5.74, 6) is -1.35. The number of amides is 2. The van der Waals surface area contributed by atoms with E-state index in [0.29, 0.717) is 17.7 Å². The number of nitrogens with one attached hydrogen (secondary N) is 1. The van der Waals surface area contributed by atoms with Gasteiger partial charge in [0.2, 0.25) is 11.8 Å². The standard InChI is InChI=1S/C36H40FN3O4S/c1-4-27(3)38-36(42)34(24-29-12-8-6-9-13-29)39(25-30-16-20-31(37)21-17-30)35(41)26-40(32-22-18-28(5-2)19-23-32)45(43,44)33-14-10-7-11-15-33/h6-23,27,34H,4-5,24-26H2,1-3H3,(H,38,42)/t27-,34+/m1/s1. The van der Waals surface area contributed by atoms with Crippen LogP contribution in [0.25, 0.3) is 0 Å². The SMILES string of the molecule is CCc1ccc(N(CC(=O)N(Cc2ccc(F)cc2)[C@@H](Cc2ccccc2)C(=O)N[C@H](C)CC)S(=O)(=O)c2ccccc2)cc1. The van der Waals surface area contributed by atoms with E-state index in [0.717, 1.165) is 21.9 Å². The van der Waals surface area contributed by atoms with Crippen molar-refractivity contribution in [1.82, 2.24) is 10.2 Å². The van der Waals surface area contributed by atoms with Crippen LogP contribution in [-0.2, 0) is 39.0 Å². The van der Waals surface area contributed by atoms with Gasteiger partial charge in [-0.15, -0.1) is 0 Å². The lowest BCUT2D eigenvalue weighted by atomic mass is 10.0. The summed E-state index contributed by atoms with van der Waals surface area (Å²) < 4.78 is 43.0. The maximum Gasteiger partial charge on any atom is 0.264 e. The van der Waals surface area contributed by atoms with Gasteiger partial charge in [-0.3, -0.25) is 13.9 Å². The number of benzene rings is 4. The minimum Gasteiger partial charge on any atom is -0.352 e. The van der Waals surface area contributed by atoms with Crippen molar-refractivity contribution in [2.24, 2.45) is 0 Å². The summed E-state index contributed by atoms with van der Waals surface area (Å²) in [6.07, 6.45) is 1.65. The Bertz CT molecular complexity index is 1650. The average Bonchev–Trinajstić information content (AvgIpc) is 3.06. The molecule has 7 nitrogen and oxygen atoms in total. The predicted molar refractivity (Wildman–Crippen MR) is 176 cm³/mol. The van der Waals surface area contributed by atoms with Crippen LogP contribution in [0.3, 0.4) is 0 Å². The van der Waals surface area contributed by atoms with Gasteiger partial charge >= 0.3 is 0 Å². The molecule has 2 amide bonds. The van der Waals surface area contributed by atoms with E-state index >= 15 is 0 Å². The van der Waals surface area contributed by atoms with Crippen molar-refractivity contribution in [3.8, 4) is 0 Å². The number of carbonyl (C=O) groups excluding carboxylic acids is 2. The van der Waals surface area contributed by atoms with Gasteiger partial charge in [0.15, 0.2) is 0 Å². The van der Waals surface area contributed by atoms with E-state index in [1.165, 1.54) is 29.2 Å². The van der Waals surface area contributed by atoms with Crippen molar-refractivity contribution < 1.29 is 22.4 Å². The normalized spacial score (nSPS) is 12.6. The van der Waals surface area contributed by atoms with E-state index in [-0.39, 0.29) is 29.8 Å². The highest BCUT2D eigenvalue weighted by atomic mass is 32.2. The van der Waals surface area contributed by atoms with Crippen LogP contribution in [0.2, 0.25) is 0 Å². The highest BCUT2D eigenvalue weighted by Crippen LogP contribution is 2.26. The topological polar surface area (TPSA) is 86.8 Å². The molecule has 0 fully saturated rings. The first-order valence-electron chi connectivity index (χ1n) is 15.2. The van der Waals surface area contributed by atoms with Crippen LogP contribution in [0.15, 0.2) is 114 Å². The fourth-order valence-electron chi connectivity index (χ4n) is 4.93. The van der Waals surface area contributed by atoms with Crippen LogP contribution < -0.4 is 9.62 Å². The number of rotatable bonds is 14. The van der Waals surface area contributed by atoms with E-state index < -0.39 is 34.3 Å². The van der Waals surface area contributed by atoms with Crippen LogP contribution in [-0.4, -0.2) is 43.8 Å². The molecule has 0 aromatic heterocycles. The Morgan fingerprint density at radius 1 is 0.778 bits per heavy atom. The van der Waals surface area contributed by atoms with E-state index in [9.17, 15) is 22.4 Å². The smallest absolute Gasteiger partial charge is 0.264 e. The summed E-state index contributed by atoms with van der Waals surface area (Å²) in [7, 11) is -4.17. The number of nitrogens with zero attached hydrogens (tertiary/aromatic N) is 2. The van der Waals surface area contributed by atoms with Crippen molar-refractivity contribution in [1.29, 1.82) is 0 Å². The number of anilines is 1. The first-order chi connectivity index (χ1) is 21.6. The van der Waals surface area contributed by atoms with Gasteiger partial charge in [0.1, 0.15) is 18.4 Å². The molecule has 0 aliphatic carbocycles. The molecular weight excluding hydrogens is 589 g/mol. The zero-order valence-electron chi connectivity index (χ0n) is 25.9. The molecule has 0 bridgehead atoms. The number of hydrogen-bond acceptors (Lipinski definition) is 4. The van der Waals surface area contributed by atoms with Gasteiger partial charge in [-0.1, -0.05) is 86.6 Å². The minimum absolute atomic E-state index is 0.0292. The number of sulfonamides is 1. The Balaban J connectivity index is 1.79. The van der Waals surface area contributed by atoms with Crippen molar-refractivity contribution in [2.45, 2.75) is 63.6 Å². The average molecular weight is 630 g/mol. The van der Waals surface area contributed by atoms with Gasteiger partial charge < -0.3 is 10.2 Å². The first-order valence-corrected chi connectivity index (χ1v) is 16.6. The van der Waals surface area contributed by atoms with Crippen LogP contribution in [0.1, 0.15) is 43.9 Å². The molecule has 45 heavy (non-hydrogen) atoms. The first kappa shape index (κ1) is 33.4. The van der Waals surface area contributed by atoms with Crippen LogP contribution in [0.5, 0.6) is 0 Å². The molecule has 4 rings (SSSR count). The maximum atomic E-state index is 14.5. The lowest BCUT2D eigenvalue weighted by Gasteiger charge is -2.34. The molecule has 0 heterocycles. The van der Waals surface area contributed by atoms with Gasteiger partial charge in [0.25, 0.3) is 10.0 Å². The predicted octanol–water partition coefficient (Wildman–Crippen LogP) is 6.14. The van der Waals surface area contributed by atoms with E-state index in [4.69, 9.17) is 0 Å². The fourth-order valence-corrected chi connectivity index (χ4v) is 6.36. The molecule has 0 unspecified atom stereocenters. The Labute approximate surface area is 265 Å². The zero-order valence-corrected chi connectivity index (χ0v) is 26.7. The summed E-state index contributed by atoms with van der Waals surface area (Å²) in [4.78, 5) is 29.8. The summed E-state index contributed by atoms with van der Waals surface area (Å²) in [5.41, 5.74) is 2.78. The highest BCUT2D eigenvalue weighted by molar-refractivity contribution is 7.92. The van der Waals surface area contributed by atoms with Gasteiger partial charge in [-0.2, -0.15) is 0 Å². The second-order valence-electron chi connectivity index (χ2n) is 11.0. The van der Waals surface area contributed by atoms with Crippen molar-refractivity contribution in [3.05, 3.63) is 132 Å². The molecule has 9 heteroatoms. The molecule has 0 saturated heterocycles. The Hall–Kier alpha value is -4.50. The largest absolute Gasteiger partial charge is 0.352 e. The maximum absolute atomic E-state index is 14.5. The molecule has 0 saturated carbocycles. The molecule has 1 N–H and O–H groups in total. The molecule has 236 valence electrons. The Kier molecular flexibility index (Phi) is 11.5. The Morgan fingerprint density at radius 3 is 1.93 bits per heavy atom. The number of halogens is 1. The molecule has 4 aromatic carbocycles. The summed E-state index contributed by atoms with van der Waals surface area (Å²) in [5, 5.41) is 3.01. The summed E-state index contributed by atoms with van der Waals surface area (Å²) in [6, 6.07) is 28.9. The summed E-state index contributed by atoms with van der Waals surface area (Å²) >= 11 is 0. The lowest BCUT2D eigenvalue weighted by Crippen LogP contribution is -2.54. The molecule has 0 radical (unpaired) electrons. The second kappa shape index (κ2) is 15.5.